The first kappa shape index (κ1) is 29.3. The molecule has 190 valence electrons. The van der Waals surface area contributed by atoms with Crippen molar-refractivity contribution < 1.29 is 14.3 Å². The Morgan fingerprint density at radius 3 is 2.13 bits per heavy atom. The zero-order chi connectivity index (χ0) is 27.8. The number of anilines is 1. The summed E-state index contributed by atoms with van der Waals surface area (Å²) in [6.07, 6.45) is 3.24. The molecule has 0 aromatic heterocycles. The highest BCUT2D eigenvalue weighted by atomic mass is 79.9. The van der Waals surface area contributed by atoms with Crippen molar-refractivity contribution in [3.05, 3.63) is 90.2 Å². The van der Waals surface area contributed by atoms with Crippen LogP contribution in [0.5, 0.6) is 0 Å². The Hall–Kier alpha value is -3.27. The molecule has 0 bridgehead atoms. The molecule has 0 saturated carbocycles. The Kier molecular flexibility index (Phi) is 10.4. The van der Waals surface area contributed by atoms with Crippen LogP contribution >= 0.6 is 55.4 Å². The summed E-state index contributed by atoms with van der Waals surface area (Å²) in [6, 6.07) is 19.8. The molecule has 0 radical (unpaired) electrons. The lowest BCUT2D eigenvalue weighted by atomic mass is 10.0. The van der Waals surface area contributed by atoms with Crippen molar-refractivity contribution in [3.8, 4) is 18.2 Å². The molecule has 7 nitrogen and oxygen atoms in total. The second-order valence-electron chi connectivity index (χ2n) is 7.43. The van der Waals surface area contributed by atoms with Crippen LogP contribution in [0.2, 0.25) is 0 Å². The van der Waals surface area contributed by atoms with Crippen LogP contribution < -0.4 is 4.90 Å². The first-order chi connectivity index (χ1) is 18.3. The van der Waals surface area contributed by atoms with Gasteiger partial charge in [0.05, 0.1) is 6.61 Å². The third kappa shape index (κ3) is 6.40. The Bertz CT molecular complexity index is 1460. The van der Waals surface area contributed by atoms with Gasteiger partial charge in [-0.1, -0.05) is 55.8 Å². The van der Waals surface area contributed by atoms with E-state index in [1.54, 1.807) is 37.4 Å². The number of esters is 1. The lowest BCUT2D eigenvalue weighted by molar-refractivity contribution is -0.138. The number of allylic oxidation sites excluding steroid dienone is 3. The van der Waals surface area contributed by atoms with Gasteiger partial charge in [0.25, 0.3) is 5.91 Å². The van der Waals surface area contributed by atoms with Crippen LogP contribution in [0.15, 0.2) is 84.6 Å². The van der Waals surface area contributed by atoms with Crippen molar-refractivity contribution in [3.63, 3.8) is 0 Å². The number of hydrogen-bond acceptors (Lipinski definition) is 8. The summed E-state index contributed by atoms with van der Waals surface area (Å²) in [5, 5.41) is 28.1. The number of hydrogen-bond donors (Lipinski definition) is 0. The molecule has 1 aliphatic heterocycles. The minimum absolute atomic E-state index is 0.0667. The van der Waals surface area contributed by atoms with E-state index in [1.165, 1.54) is 22.7 Å². The van der Waals surface area contributed by atoms with E-state index in [-0.39, 0.29) is 28.7 Å². The highest BCUT2D eigenvalue weighted by molar-refractivity contribution is 9.10. The number of thioether (sulfide) groups is 2. The largest absolute Gasteiger partial charge is 0.462 e. The average molecular weight is 670 g/mol. The van der Waals surface area contributed by atoms with E-state index < -0.39 is 11.2 Å². The smallest absolute Gasteiger partial charge is 0.351 e. The lowest BCUT2D eigenvalue weighted by Crippen LogP contribution is -2.30. The van der Waals surface area contributed by atoms with E-state index in [0.29, 0.717) is 21.7 Å². The molecule has 0 N–H and O–H groups in total. The first-order valence-corrected chi connectivity index (χ1v) is 14.6. The Labute approximate surface area is 245 Å². The minimum Gasteiger partial charge on any atom is -0.462 e. The third-order valence-electron chi connectivity index (χ3n) is 5.18. The molecule has 1 fully saturated rings. The Morgan fingerprint density at radius 2 is 1.63 bits per heavy atom. The molecule has 1 heterocycles. The number of carbonyl (C=O) groups is 2. The van der Waals surface area contributed by atoms with Crippen molar-refractivity contribution in [2.45, 2.75) is 12.2 Å². The third-order valence-corrected chi connectivity index (χ3v) is 8.56. The molecule has 11 heteroatoms. The monoisotopic (exact) mass is 668 g/mol. The molecule has 1 saturated heterocycles. The van der Waals surface area contributed by atoms with Gasteiger partial charge in [0.2, 0.25) is 0 Å². The molecule has 1 unspecified atom stereocenters. The fourth-order valence-corrected chi connectivity index (χ4v) is 6.39. The fourth-order valence-electron chi connectivity index (χ4n) is 3.51. The molecule has 2 aromatic rings. The summed E-state index contributed by atoms with van der Waals surface area (Å²) >= 11 is 9.13. The van der Waals surface area contributed by atoms with Crippen LogP contribution in [-0.4, -0.2) is 30.0 Å². The predicted octanol–water partition coefficient (Wildman–Crippen LogP) is 6.71. The van der Waals surface area contributed by atoms with Gasteiger partial charge in [-0.2, -0.15) is 15.8 Å². The van der Waals surface area contributed by atoms with Gasteiger partial charge in [-0.25, -0.2) is 4.79 Å². The molecule has 1 aliphatic rings. The van der Waals surface area contributed by atoms with Gasteiger partial charge in [0, 0.05) is 19.5 Å². The van der Waals surface area contributed by atoms with Crippen LogP contribution in [0, 0.1) is 34.0 Å². The van der Waals surface area contributed by atoms with Crippen molar-refractivity contribution >= 4 is 78.5 Å². The quantitative estimate of drug-likeness (QED) is 0.138. The number of ether oxygens (including phenoxy) is 1. The summed E-state index contributed by atoms with van der Waals surface area (Å²) < 4.78 is 6.72. The predicted molar refractivity (Wildman–Crippen MR) is 156 cm³/mol. The van der Waals surface area contributed by atoms with Gasteiger partial charge in [-0.15, -0.1) is 11.8 Å². The summed E-state index contributed by atoms with van der Waals surface area (Å²) in [5.74, 6) is -1.21. The van der Waals surface area contributed by atoms with Crippen LogP contribution in [0.3, 0.4) is 0 Å². The number of nitriles is 3. The highest BCUT2D eigenvalue weighted by Crippen LogP contribution is 2.47. The van der Waals surface area contributed by atoms with Crippen molar-refractivity contribution in [1.29, 1.82) is 15.8 Å². The number of benzene rings is 2. The fraction of sp³-hybridized carbons (Fsp3) is 0.148. The zero-order valence-electron chi connectivity index (χ0n) is 20.1. The number of rotatable bonds is 7. The van der Waals surface area contributed by atoms with Crippen molar-refractivity contribution in [2.75, 3.05) is 17.8 Å². The summed E-state index contributed by atoms with van der Waals surface area (Å²) in [4.78, 5) is 28.6. The molecule has 1 amide bonds. The number of amides is 1. The van der Waals surface area contributed by atoms with Crippen LogP contribution in [0.25, 0.3) is 5.57 Å². The standard InChI is InChI=1S/C27H18Br2N4O3S2/c1-3-36-27(35)22(15-32)26-33(20-10-8-19(29)9-11-20)25(34)24(38-26)23(37-2)21(12-16(13-30)14-31)17-4-6-18(28)7-5-17/h4-12,24H,3H2,1-2H3. The average Bonchev–Trinajstić information content (AvgIpc) is 3.24. The molecular weight excluding hydrogens is 652 g/mol. The second-order valence-corrected chi connectivity index (χ2v) is 11.2. The maximum Gasteiger partial charge on any atom is 0.351 e. The number of nitrogens with zero attached hydrogens (tertiary/aromatic N) is 4. The summed E-state index contributed by atoms with van der Waals surface area (Å²) in [6.45, 7) is 1.70. The van der Waals surface area contributed by atoms with E-state index in [4.69, 9.17) is 4.74 Å². The lowest BCUT2D eigenvalue weighted by Gasteiger charge is -2.19. The zero-order valence-corrected chi connectivity index (χ0v) is 24.9. The van der Waals surface area contributed by atoms with Gasteiger partial charge in [0.1, 0.15) is 34.1 Å². The van der Waals surface area contributed by atoms with Gasteiger partial charge in [-0.3, -0.25) is 9.69 Å². The van der Waals surface area contributed by atoms with Gasteiger partial charge < -0.3 is 4.74 Å². The van der Waals surface area contributed by atoms with E-state index >= 15 is 0 Å². The van der Waals surface area contributed by atoms with Gasteiger partial charge in [0.15, 0.2) is 5.57 Å². The molecular formula is C27H18Br2N4O3S2. The second kappa shape index (κ2) is 13.5. The van der Waals surface area contributed by atoms with Crippen LogP contribution in [0.4, 0.5) is 5.69 Å². The van der Waals surface area contributed by atoms with Gasteiger partial charge >= 0.3 is 5.97 Å². The maximum absolute atomic E-state index is 14.0. The normalized spacial score (nSPS) is 16.5. The number of halogens is 2. The van der Waals surface area contributed by atoms with E-state index in [0.717, 1.165) is 20.7 Å². The molecule has 38 heavy (non-hydrogen) atoms. The first-order valence-electron chi connectivity index (χ1n) is 10.9. The highest BCUT2D eigenvalue weighted by Gasteiger charge is 2.43. The van der Waals surface area contributed by atoms with E-state index in [2.05, 4.69) is 31.9 Å². The maximum atomic E-state index is 14.0. The Balaban J connectivity index is 2.31. The molecule has 3 rings (SSSR count). The SMILES string of the molecule is CCOC(=O)C(C#N)=C1SC(C(SC)=C(C=C(C#N)C#N)c2ccc(Br)cc2)C(=O)N1c1ccc(Br)cc1. The van der Waals surface area contributed by atoms with Crippen molar-refractivity contribution in [2.24, 2.45) is 0 Å². The van der Waals surface area contributed by atoms with Crippen LogP contribution in [-0.2, 0) is 14.3 Å². The summed E-state index contributed by atoms with van der Waals surface area (Å²) in [7, 11) is 0. The van der Waals surface area contributed by atoms with Crippen molar-refractivity contribution in [1.82, 2.24) is 0 Å². The van der Waals surface area contributed by atoms with Crippen LogP contribution in [0.1, 0.15) is 12.5 Å². The van der Waals surface area contributed by atoms with Gasteiger partial charge in [-0.05, 0) is 66.8 Å². The molecule has 0 spiro atoms. The van der Waals surface area contributed by atoms with E-state index in [1.807, 2.05) is 42.5 Å². The molecule has 1 atom stereocenters. The topological polar surface area (TPSA) is 118 Å². The Morgan fingerprint density at radius 1 is 1.05 bits per heavy atom. The minimum atomic E-state index is -0.866. The molecule has 0 aliphatic carbocycles. The number of carbonyl (C=O) groups excluding carboxylic acids is 2. The molecule has 2 aromatic carbocycles. The summed E-state index contributed by atoms with van der Waals surface area (Å²) in [5.41, 5.74) is 1.26. The van der Waals surface area contributed by atoms with E-state index in [9.17, 15) is 25.4 Å².